The highest BCUT2D eigenvalue weighted by Crippen LogP contribution is 2.29. The van der Waals surface area contributed by atoms with Gasteiger partial charge in [0.25, 0.3) is 5.91 Å². The van der Waals surface area contributed by atoms with Gasteiger partial charge < -0.3 is 23.9 Å². The van der Waals surface area contributed by atoms with Crippen LogP contribution < -0.4 is 9.47 Å². The maximum atomic E-state index is 12.5. The van der Waals surface area contributed by atoms with Crippen molar-refractivity contribution < 1.29 is 23.8 Å². The Hall–Kier alpha value is -2.28. The summed E-state index contributed by atoms with van der Waals surface area (Å²) in [5, 5.41) is 4.09. The molecule has 1 aromatic rings. The molecule has 2 heterocycles. The van der Waals surface area contributed by atoms with E-state index in [0.717, 1.165) is 5.56 Å². The predicted molar refractivity (Wildman–Crippen MR) is 83.0 cm³/mol. The topological polar surface area (TPSA) is 69.6 Å². The molecule has 0 unspecified atom stereocenters. The molecule has 124 valence electrons. The number of hydrogen-bond acceptors (Lipinski definition) is 6. The molecule has 2 aliphatic rings. The number of oxime groups is 1. The smallest absolute Gasteiger partial charge is 0.267 e. The highest BCUT2D eigenvalue weighted by atomic mass is 16.6. The van der Waals surface area contributed by atoms with Crippen LogP contribution in [0.25, 0.3) is 0 Å². The van der Waals surface area contributed by atoms with Crippen molar-refractivity contribution in [2.75, 3.05) is 40.5 Å². The van der Waals surface area contributed by atoms with E-state index >= 15 is 0 Å². The number of ether oxygens (including phenoxy) is 3. The van der Waals surface area contributed by atoms with Gasteiger partial charge >= 0.3 is 0 Å². The molecule has 0 spiro atoms. The summed E-state index contributed by atoms with van der Waals surface area (Å²) < 4.78 is 15.9. The van der Waals surface area contributed by atoms with Crippen LogP contribution in [0.2, 0.25) is 0 Å². The van der Waals surface area contributed by atoms with Gasteiger partial charge in [-0.05, 0) is 18.2 Å². The number of methoxy groups -OCH3 is 2. The number of rotatable bonds is 4. The number of nitrogens with zero attached hydrogens (tertiary/aromatic N) is 2. The van der Waals surface area contributed by atoms with E-state index in [9.17, 15) is 4.79 Å². The molecule has 7 heteroatoms. The Bertz CT molecular complexity index is 610. The van der Waals surface area contributed by atoms with Crippen LogP contribution in [-0.4, -0.2) is 63.1 Å². The zero-order valence-corrected chi connectivity index (χ0v) is 13.3. The molecular formula is C16H20N2O5. The van der Waals surface area contributed by atoms with Crippen LogP contribution in [0.4, 0.5) is 0 Å². The lowest BCUT2D eigenvalue weighted by Gasteiger charge is -2.28. The molecule has 1 atom stereocenters. The molecule has 0 bridgehead atoms. The third kappa shape index (κ3) is 3.24. The molecule has 1 aromatic carbocycles. The molecule has 0 radical (unpaired) electrons. The zero-order chi connectivity index (χ0) is 16.2. The van der Waals surface area contributed by atoms with Crippen molar-refractivity contribution in [2.24, 2.45) is 5.16 Å². The van der Waals surface area contributed by atoms with Crippen molar-refractivity contribution >= 4 is 11.6 Å². The summed E-state index contributed by atoms with van der Waals surface area (Å²) >= 11 is 0. The highest BCUT2D eigenvalue weighted by molar-refractivity contribution is 6.06. The summed E-state index contributed by atoms with van der Waals surface area (Å²) in [7, 11) is 3.20. The summed E-state index contributed by atoms with van der Waals surface area (Å²) in [6.07, 6.45) is -0.168. The van der Waals surface area contributed by atoms with Crippen LogP contribution in [0, 0.1) is 0 Å². The molecule has 2 aliphatic heterocycles. The second-order valence-corrected chi connectivity index (χ2v) is 5.34. The van der Waals surface area contributed by atoms with Crippen LogP contribution >= 0.6 is 0 Å². The molecule has 0 N–H and O–H groups in total. The number of amides is 1. The molecule has 23 heavy (non-hydrogen) atoms. The van der Waals surface area contributed by atoms with E-state index in [0.29, 0.717) is 49.9 Å². The second-order valence-electron chi connectivity index (χ2n) is 5.34. The fourth-order valence-corrected chi connectivity index (χ4v) is 2.70. The molecular weight excluding hydrogens is 300 g/mol. The number of morpholine rings is 1. The number of carbonyl (C=O) groups is 1. The lowest BCUT2D eigenvalue weighted by Crippen LogP contribution is -2.45. The van der Waals surface area contributed by atoms with Gasteiger partial charge in [-0.1, -0.05) is 5.16 Å². The van der Waals surface area contributed by atoms with Gasteiger partial charge in [0.05, 0.1) is 33.1 Å². The van der Waals surface area contributed by atoms with E-state index in [1.54, 1.807) is 19.1 Å². The van der Waals surface area contributed by atoms with Gasteiger partial charge in [-0.25, -0.2) is 0 Å². The van der Waals surface area contributed by atoms with E-state index in [4.69, 9.17) is 19.0 Å². The van der Waals surface area contributed by atoms with Crippen molar-refractivity contribution in [1.29, 1.82) is 0 Å². The summed E-state index contributed by atoms with van der Waals surface area (Å²) in [5.74, 6) is 1.33. The second kappa shape index (κ2) is 6.87. The Kier molecular flexibility index (Phi) is 4.66. The first-order valence-electron chi connectivity index (χ1n) is 7.54. The molecule has 7 nitrogen and oxygen atoms in total. The Morgan fingerprint density at radius 3 is 2.74 bits per heavy atom. The van der Waals surface area contributed by atoms with Crippen molar-refractivity contribution in [3.05, 3.63) is 23.8 Å². The Labute approximate surface area is 134 Å². The van der Waals surface area contributed by atoms with Gasteiger partial charge in [0, 0.05) is 25.1 Å². The van der Waals surface area contributed by atoms with E-state index < -0.39 is 6.10 Å². The Balaban J connectivity index is 1.73. The fourth-order valence-electron chi connectivity index (χ4n) is 2.70. The van der Waals surface area contributed by atoms with Crippen LogP contribution in [0.15, 0.2) is 23.4 Å². The molecule has 0 saturated carbocycles. The molecule has 1 fully saturated rings. The zero-order valence-electron chi connectivity index (χ0n) is 13.3. The minimum Gasteiger partial charge on any atom is -0.497 e. The first-order valence-corrected chi connectivity index (χ1v) is 7.54. The number of carbonyl (C=O) groups excluding carboxylic acids is 1. The minimum atomic E-state index is -0.584. The summed E-state index contributed by atoms with van der Waals surface area (Å²) in [6.45, 7) is 2.32. The van der Waals surface area contributed by atoms with Crippen LogP contribution in [0.3, 0.4) is 0 Å². The van der Waals surface area contributed by atoms with Gasteiger partial charge in [0.2, 0.25) is 6.10 Å². The molecule has 0 aliphatic carbocycles. The van der Waals surface area contributed by atoms with E-state index in [1.165, 1.54) is 0 Å². The third-order valence-electron chi connectivity index (χ3n) is 3.98. The average Bonchev–Trinajstić information content (AvgIpc) is 3.11. The third-order valence-corrected chi connectivity index (χ3v) is 3.98. The summed E-state index contributed by atoms with van der Waals surface area (Å²) in [5.41, 5.74) is 1.47. The molecule has 3 rings (SSSR count). The Morgan fingerprint density at radius 2 is 2.04 bits per heavy atom. The van der Waals surface area contributed by atoms with Crippen molar-refractivity contribution in [1.82, 2.24) is 4.90 Å². The molecule has 0 aromatic heterocycles. The van der Waals surface area contributed by atoms with Crippen LogP contribution in [0.5, 0.6) is 11.5 Å². The van der Waals surface area contributed by atoms with Gasteiger partial charge in [-0.15, -0.1) is 0 Å². The number of hydrogen-bond donors (Lipinski definition) is 0. The summed E-state index contributed by atoms with van der Waals surface area (Å²) in [6, 6.07) is 5.46. The van der Waals surface area contributed by atoms with E-state index in [-0.39, 0.29) is 5.91 Å². The van der Waals surface area contributed by atoms with E-state index in [2.05, 4.69) is 5.16 Å². The normalized spacial score (nSPS) is 20.7. The quantitative estimate of drug-likeness (QED) is 0.829. The molecule has 1 saturated heterocycles. The first-order chi connectivity index (χ1) is 11.2. The van der Waals surface area contributed by atoms with Crippen molar-refractivity contribution in [3.8, 4) is 11.5 Å². The van der Waals surface area contributed by atoms with Crippen LogP contribution in [-0.2, 0) is 14.4 Å². The highest BCUT2D eigenvalue weighted by Gasteiger charge is 2.34. The fraction of sp³-hybridized carbons (Fsp3) is 0.500. The largest absolute Gasteiger partial charge is 0.497 e. The van der Waals surface area contributed by atoms with Gasteiger partial charge in [0.15, 0.2) is 0 Å². The van der Waals surface area contributed by atoms with E-state index in [1.807, 2.05) is 18.2 Å². The predicted octanol–water partition coefficient (Wildman–Crippen LogP) is 1.06. The van der Waals surface area contributed by atoms with Gasteiger partial charge in [0.1, 0.15) is 11.5 Å². The maximum absolute atomic E-state index is 12.5. The Morgan fingerprint density at radius 1 is 1.26 bits per heavy atom. The number of benzene rings is 1. The van der Waals surface area contributed by atoms with Crippen LogP contribution in [0.1, 0.15) is 12.0 Å². The first kappa shape index (κ1) is 15.6. The molecule has 1 amide bonds. The van der Waals surface area contributed by atoms with Crippen molar-refractivity contribution in [2.45, 2.75) is 12.5 Å². The monoisotopic (exact) mass is 320 g/mol. The average molecular weight is 320 g/mol. The lowest BCUT2D eigenvalue weighted by molar-refractivity contribution is -0.146. The maximum Gasteiger partial charge on any atom is 0.267 e. The standard InChI is InChI=1S/C16H20N2O5/c1-20-11-3-4-14(21-2)12(9-11)13-10-15(23-17-13)16(19)18-5-7-22-8-6-18/h3-4,9,15H,5-8,10H2,1-2H3/t15-/m1/s1. The van der Waals surface area contributed by atoms with Gasteiger partial charge in [-0.2, -0.15) is 0 Å². The lowest BCUT2D eigenvalue weighted by atomic mass is 10.0. The SMILES string of the molecule is COc1ccc(OC)c(C2=NO[C@@H](C(=O)N3CCOCC3)C2)c1. The van der Waals surface area contributed by atoms with Gasteiger partial charge in [-0.3, -0.25) is 4.79 Å². The van der Waals surface area contributed by atoms with Crippen molar-refractivity contribution in [3.63, 3.8) is 0 Å². The summed E-state index contributed by atoms with van der Waals surface area (Å²) in [4.78, 5) is 19.6. The minimum absolute atomic E-state index is 0.0473.